The van der Waals surface area contributed by atoms with E-state index in [0.717, 1.165) is 28.9 Å². The molecule has 0 radical (unpaired) electrons. The zero-order chi connectivity index (χ0) is 17.7. The molecule has 0 saturated carbocycles. The zero-order valence-corrected chi connectivity index (χ0v) is 15.2. The van der Waals surface area contributed by atoms with E-state index < -0.39 is 0 Å². The number of carbonyl (C=O) groups excluding carboxylic acids is 1. The maximum atomic E-state index is 12.5. The first-order chi connectivity index (χ1) is 11.4. The molecule has 2 N–H and O–H groups in total. The molecule has 0 bridgehead atoms. The van der Waals surface area contributed by atoms with Gasteiger partial charge in [-0.15, -0.1) is 0 Å². The van der Waals surface area contributed by atoms with Crippen LogP contribution in [0, 0.1) is 6.92 Å². The summed E-state index contributed by atoms with van der Waals surface area (Å²) < 4.78 is 0. The minimum absolute atomic E-state index is 0.179. The summed E-state index contributed by atoms with van der Waals surface area (Å²) in [6.45, 7) is 10.5. The van der Waals surface area contributed by atoms with Gasteiger partial charge >= 0.3 is 0 Å². The highest BCUT2D eigenvalue weighted by Gasteiger charge is 2.14. The number of aromatic nitrogens is 1. The van der Waals surface area contributed by atoms with Gasteiger partial charge in [0, 0.05) is 11.7 Å². The molecule has 1 atom stereocenters. The fourth-order valence-corrected chi connectivity index (χ4v) is 2.52. The van der Waals surface area contributed by atoms with Gasteiger partial charge in [-0.1, -0.05) is 39.0 Å². The normalized spacial score (nSPS) is 12.1. The molecule has 2 rings (SSSR count). The van der Waals surface area contributed by atoms with Crippen LogP contribution in [0.5, 0.6) is 0 Å². The summed E-state index contributed by atoms with van der Waals surface area (Å²) in [6.07, 6.45) is 2.75. The molecule has 1 unspecified atom stereocenters. The largest absolute Gasteiger partial charge is 0.381 e. The lowest BCUT2D eigenvalue weighted by molar-refractivity contribution is 0.102. The Hall–Kier alpha value is -2.36. The number of hydrogen-bond donors (Lipinski definition) is 2. The summed E-state index contributed by atoms with van der Waals surface area (Å²) in [5.41, 5.74) is 4.44. The van der Waals surface area contributed by atoms with Crippen LogP contribution < -0.4 is 10.6 Å². The van der Waals surface area contributed by atoms with E-state index in [1.165, 1.54) is 0 Å². The van der Waals surface area contributed by atoms with Crippen molar-refractivity contribution in [2.24, 2.45) is 0 Å². The molecule has 4 heteroatoms. The molecule has 1 aromatic heterocycles. The fourth-order valence-electron chi connectivity index (χ4n) is 2.52. The van der Waals surface area contributed by atoms with E-state index in [2.05, 4.69) is 49.4 Å². The van der Waals surface area contributed by atoms with Crippen LogP contribution in [-0.2, 0) is 0 Å². The Morgan fingerprint density at radius 3 is 2.50 bits per heavy atom. The van der Waals surface area contributed by atoms with E-state index in [0.29, 0.717) is 17.7 Å². The van der Waals surface area contributed by atoms with E-state index >= 15 is 0 Å². The average molecular weight is 325 g/mol. The van der Waals surface area contributed by atoms with Crippen LogP contribution in [-0.4, -0.2) is 16.9 Å². The van der Waals surface area contributed by atoms with Gasteiger partial charge < -0.3 is 10.6 Å². The Bertz CT molecular complexity index is 693. The van der Waals surface area contributed by atoms with Crippen molar-refractivity contribution in [3.05, 3.63) is 53.3 Å². The standard InChI is InChI=1S/C20H27N3O/c1-6-15(5)22-16-10-11-18(21-12-16)20(24)23-19-14(4)8-7-9-17(19)13(2)3/h7-13,15,22H,6H2,1-5H3,(H,23,24). The van der Waals surface area contributed by atoms with E-state index in [1.807, 2.05) is 25.1 Å². The summed E-state index contributed by atoms with van der Waals surface area (Å²) >= 11 is 0. The van der Waals surface area contributed by atoms with Crippen molar-refractivity contribution in [1.82, 2.24) is 4.98 Å². The van der Waals surface area contributed by atoms with Gasteiger partial charge in [0.2, 0.25) is 0 Å². The summed E-state index contributed by atoms with van der Waals surface area (Å²) in [4.78, 5) is 16.8. The maximum Gasteiger partial charge on any atom is 0.274 e. The van der Waals surface area contributed by atoms with Crippen LogP contribution in [0.15, 0.2) is 36.5 Å². The smallest absolute Gasteiger partial charge is 0.274 e. The van der Waals surface area contributed by atoms with Gasteiger partial charge in [-0.05, 0) is 49.4 Å². The van der Waals surface area contributed by atoms with E-state index in [-0.39, 0.29) is 5.91 Å². The van der Waals surface area contributed by atoms with Gasteiger partial charge in [0.1, 0.15) is 5.69 Å². The van der Waals surface area contributed by atoms with Crippen LogP contribution in [0.3, 0.4) is 0 Å². The van der Waals surface area contributed by atoms with Crippen LogP contribution in [0.1, 0.15) is 61.6 Å². The number of anilines is 2. The second kappa shape index (κ2) is 7.95. The van der Waals surface area contributed by atoms with E-state index in [9.17, 15) is 4.79 Å². The molecule has 1 aromatic carbocycles. The number of rotatable bonds is 6. The minimum Gasteiger partial charge on any atom is -0.381 e. The van der Waals surface area contributed by atoms with Gasteiger partial charge in [0.15, 0.2) is 0 Å². The highest BCUT2D eigenvalue weighted by Crippen LogP contribution is 2.27. The first kappa shape index (κ1) is 18.0. The summed E-state index contributed by atoms with van der Waals surface area (Å²) in [6, 6.07) is 10.1. The molecule has 4 nitrogen and oxygen atoms in total. The third-order valence-electron chi connectivity index (χ3n) is 4.19. The first-order valence-corrected chi connectivity index (χ1v) is 8.55. The predicted octanol–water partition coefficient (Wildman–Crippen LogP) is 4.98. The molecule has 24 heavy (non-hydrogen) atoms. The Morgan fingerprint density at radius 1 is 1.17 bits per heavy atom. The van der Waals surface area contributed by atoms with Gasteiger partial charge in [0.25, 0.3) is 5.91 Å². The predicted molar refractivity (Wildman–Crippen MR) is 101 cm³/mol. The molecule has 0 fully saturated rings. The Labute approximate surface area is 144 Å². The van der Waals surface area contributed by atoms with E-state index in [1.54, 1.807) is 12.3 Å². The third-order valence-corrected chi connectivity index (χ3v) is 4.19. The molecule has 0 aliphatic carbocycles. The number of amides is 1. The third kappa shape index (κ3) is 4.34. The van der Waals surface area contributed by atoms with E-state index in [4.69, 9.17) is 0 Å². The van der Waals surface area contributed by atoms with Crippen molar-refractivity contribution >= 4 is 17.3 Å². The average Bonchev–Trinajstić information content (AvgIpc) is 2.56. The Morgan fingerprint density at radius 2 is 1.92 bits per heavy atom. The van der Waals surface area contributed by atoms with Crippen LogP contribution in [0.2, 0.25) is 0 Å². The molecule has 1 amide bonds. The van der Waals surface area contributed by atoms with Crippen molar-refractivity contribution < 1.29 is 4.79 Å². The number of benzene rings is 1. The van der Waals surface area contributed by atoms with Crippen molar-refractivity contribution in [3.8, 4) is 0 Å². The maximum absolute atomic E-state index is 12.5. The van der Waals surface area contributed by atoms with Gasteiger partial charge in [0.05, 0.1) is 11.9 Å². The number of carbonyl (C=O) groups is 1. The molecule has 0 aliphatic heterocycles. The van der Waals surface area contributed by atoms with Gasteiger partial charge in [-0.25, -0.2) is 4.98 Å². The lowest BCUT2D eigenvalue weighted by Gasteiger charge is -2.16. The number of pyridine rings is 1. The fraction of sp³-hybridized carbons (Fsp3) is 0.400. The summed E-state index contributed by atoms with van der Waals surface area (Å²) in [5, 5.41) is 6.37. The summed E-state index contributed by atoms with van der Waals surface area (Å²) in [5.74, 6) is 0.163. The number of nitrogens with zero attached hydrogens (tertiary/aromatic N) is 1. The van der Waals surface area contributed by atoms with Gasteiger partial charge in [-0.3, -0.25) is 4.79 Å². The van der Waals surface area contributed by atoms with Crippen molar-refractivity contribution in [2.75, 3.05) is 10.6 Å². The summed E-state index contributed by atoms with van der Waals surface area (Å²) in [7, 11) is 0. The van der Waals surface area contributed by atoms with Crippen molar-refractivity contribution in [2.45, 2.75) is 53.0 Å². The number of para-hydroxylation sites is 1. The zero-order valence-electron chi connectivity index (χ0n) is 15.2. The lowest BCUT2D eigenvalue weighted by atomic mass is 9.98. The Kier molecular flexibility index (Phi) is 5.96. The SMILES string of the molecule is CCC(C)Nc1ccc(C(=O)Nc2c(C)cccc2C(C)C)nc1. The van der Waals surface area contributed by atoms with Crippen molar-refractivity contribution in [3.63, 3.8) is 0 Å². The molecular weight excluding hydrogens is 298 g/mol. The molecular formula is C20H27N3O. The highest BCUT2D eigenvalue weighted by molar-refractivity contribution is 6.03. The van der Waals surface area contributed by atoms with Crippen molar-refractivity contribution in [1.29, 1.82) is 0 Å². The molecule has 1 heterocycles. The monoisotopic (exact) mass is 325 g/mol. The molecule has 2 aromatic rings. The number of aryl methyl sites for hydroxylation is 1. The molecule has 0 saturated heterocycles. The van der Waals surface area contributed by atoms with Crippen LogP contribution in [0.4, 0.5) is 11.4 Å². The molecule has 0 aliphatic rings. The quantitative estimate of drug-likeness (QED) is 0.788. The molecule has 0 spiro atoms. The second-order valence-electron chi connectivity index (χ2n) is 6.53. The topological polar surface area (TPSA) is 54.0 Å². The Balaban J connectivity index is 2.16. The highest BCUT2D eigenvalue weighted by atomic mass is 16.1. The number of nitrogens with one attached hydrogen (secondary N) is 2. The second-order valence-corrected chi connectivity index (χ2v) is 6.53. The lowest BCUT2D eigenvalue weighted by Crippen LogP contribution is -2.17. The first-order valence-electron chi connectivity index (χ1n) is 8.55. The minimum atomic E-state index is -0.179. The molecule has 128 valence electrons. The number of hydrogen-bond acceptors (Lipinski definition) is 3. The van der Waals surface area contributed by atoms with Crippen LogP contribution in [0.25, 0.3) is 0 Å². The van der Waals surface area contributed by atoms with Gasteiger partial charge in [-0.2, -0.15) is 0 Å². The van der Waals surface area contributed by atoms with Crippen LogP contribution >= 0.6 is 0 Å².